The number of hydrogen-bond acceptors (Lipinski definition) is 2. The molecule has 0 spiro atoms. The van der Waals surface area contributed by atoms with Crippen LogP contribution in [0.3, 0.4) is 0 Å². The second-order valence-corrected chi connectivity index (χ2v) is 6.79. The molecule has 0 aromatic heterocycles. The first-order chi connectivity index (χ1) is 9.65. The summed E-state index contributed by atoms with van der Waals surface area (Å²) in [5.41, 5.74) is 0. The highest BCUT2D eigenvalue weighted by atomic mass is 32.2. The van der Waals surface area contributed by atoms with E-state index >= 15 is 0 Å². The molecule has 1 saturated heterocycles. The third-order valence-corrected chi connectivity index (χ3v) is 5.14. The summed E-state index contributed by atoms with van der Waals surface area (Å²) in [6.45, 7) is 1.48. The Balaban J connectivity index is 1.88. The van der Waals surface area contributed by atoms with Gasteiger partial charge in [0.25, 0.3) is 0 Å². The van der Waals surface area contributed by atoms with Gasteiger partial charge in [0, 0.05) is 19.1 Å². The number of benzene rings is 2. The number of nitrogens with zero attached hydrogens (tertiary/aromatic N) is 1. The Labute approximate surface area is 119 Å². The van der Waals surface area contributed by atoms with Gasteiger partial charge in [0.2, 0.25) is 10.0 Å². The minimum absolute atomic E-state index is 0.00368. The van der Waals surface area contributed by atoms with Crippen LogP contribution in [0.15, 0.2) is 47.4 Å². The summed E-state index contributed by atoms with van der Waals surface area (Å²) in [5.74, 6) is 0. The zero-order valence-electron chi connectivity index (χ0n) is 11.1. The van der Waals surface area contributed by atoms with Crippen LogP contribution < -0.4 is 10.0 Å². The number of rotatable bonds is 3. The van der Waals surface area contributed by atoms with Crippen molar-refractivity contribution in [3.8, 4) is 0 Å². The first-order valence-electron chi connectivity index (χ1n) is 6.79. The Morgan fingerprint density at radius 3 is 2.45 bits per heavy atom. The average Bonchev–Trinajstić information content (AvgIpc) is 2.47. The molecule has 1 fully saturated rings. The monoisotopic (exact) mass is 289 g/mol. The lowest BCUT2D eigenvalue weighted by atomic mass is 10.1. The minimum atomic E-state index is -3.44. The zero-order chi connectivity index (χ0) is 14.0. The maximum absolute atomic E-state index is 12.4. The summed E-state index contributed by atoms with van der Waals surface area (Å²) >= 11 is 0. The molecule has 4 nitrogen and oxygen atoms in total. The minimum Gasteiger partial charge on any atom is -0.242 e. The van der Waals surface area contributed by atoms with Crippen molar-refractivity contribution in [3.05, 3.63) is 42.5 Å². The normalized spacial score (nSPS) is 17.4. The lowest BCUT2D eigenvalue weighted by Gasteiger charge is -2.22. The van der Waals surface area contributed by atoms with Gasteiger partial charge in [0.1, 0.15) is 0 Å². The van der Waals surface area contributed by atoms with E-state index in [-0.39, 0.29) is 6.04 Å². The first-order valence-corrected chi connectivity index (χ1v) is 8.28. The van der Waals surface area contributed by atoms with Gasteiger partial charge in [-0.1, -0.05) is 30.3 Å². The largest absolute Gasteiger partial charge is 0.242 e. The summed E-state index contributed by atoms with van der Waals surface area (Å²) in [5, 5.41) is 6.22. The molecule has 2 aromatic rings. The third kappa shape index (κ3) is 2.85. The number of nitrogens with one attached hydrogen (secondary N) is 1. The van der Waals surface area contributed by atoms with Gasteiger partial charge in [-0.25, -0.2) is 18.5 Å². The van der Waals surface area contributed by atoms with Crippen molar-refractivity contribution < 1.29 is 8.42 Å². The van der Waals surface area contributed by atoms with Gasteiger partial charge >= 0.3 is 0 Å². The van der Waals surface area contributed by atoms with Gasteiger partial charge in [-0.3, -0.25) is 0 Å². The van der Waals surface area contributed by atoms with E-state index in [9.17, 15) is 8.42 Å². The molecule has 1 radical (unpaired) electrons. The van der Waals surface area contributed by atoms with Crippen molar-refractivity contribution >= 4 is 20.8 Å². The predicted molar refractivity (Wildman–Crippen MR) is 79.2 cm³/mol. The molecular formula is C15H17N2O2S. The Morgan fingerprint density at radius 2 is 1.70 bits per heavy atom. The van der Waals surface area contributed by atoms with Gasteiger partial charge in [-0.15, -0.1) is 0 Å². The fourth-order valence-electron chi connectivity index (χ4n) is 2.49. The number of piperidine rings is 1. The second kappa shape index (κ2) is 5.52. The maximum atomic E-state index is 12.4. The Hall–Kier alpha value is -1.43. The molecule has 0 atom stereocenters. The van der Waals surface area contributed by atoms with Crippen molar-refractivity contribution in [1.29, 1.82) is 0 Å². The van der Waals surface area contributed by atoms with Crippen molar-refractivity contribution in [2.45, 2.75) is 23.8 Å². The predicted octanol–water partition coefficient (Wildman–Crippen LogP) is 1.88. The summed E-state index contributed by atoms with van der Waals surface area (Å²) in [6, 6.07) is 13.0. The molecule has 0 unspecified atom stereocenters. The average molecular weight is 289 g/mol. The molecule has 5 heteroatoms. The molecule has 0 amide bonds. The maximum Gasteiger partial charge on any atom is 0.240 e. The van der Waals surface area contributed by atoms with E-state index in [2.05, 4.69) is 10.0 Å². The molecule has 1 aliphatic rings. The standard InChI is InChI=1S/C15H17N2O2S/c18-20(19,17-14-7-9-16-10-8-14)15-6-5-12-3-1-2-4-13(12)11-15/h1-6,11,14,17H,7-10H2. The van der Waals surface area contributed by atoms with Crippen molar-refractivity contribution in [3.63, 3.8) is 0 Å². The van der Waals surface area contributed by atoms with Gasteiger partial charge in [-0.05, 0) is 35.7 Å². The van der Waals surface area contributed by atoms with Crippen LogP contribution in [0.5, 0.6) is 0 Å². The zero-order valence-corrected chi connectivity index (χ0v) is 11.9. The van der Waals surface area contributed by atoms with E-state index in [1.165, 1.54) is 0 Å². The van der Waals surface area contributed by atoms with E-state index in [1.54, 1.807) is 12.1 Å². The van der Waals surface area contributed by atoms with Crippen LogP contribution in [0, 0.1) is 0 Å². The number of hydrogen-bond donors (Lipinski definition) is 1. The molecule has 20 heavy (non-hydrogen) atoms. The van der Waals surface area contributed by atoms with Crippen LogP contribution in [0.4, 0.5) is 0 Å². The SMILES string of the molecule is O=S(=O)(NC1CC[N]CC1)c1ccc2ccccc2c1. The fraction of sp³-hybridized carbons (Fsp3) is 0.333. The van der Waals surface area contributed by atoms with Gasteiger partial charge < -0.3 is 0 Å². The van der Waals surface area contributed by atoms with Gasteiger partial charge in [0.05, 0.1) is 4.90 Å². The third-order valence-electron chi connectivity index (χ3n) is 3.62. The van der Waals surface area contributed by atoms with Crippen LogP contribution in [-0.2, 0) is 10.0 Å². The van der Waals surface area contributed by atoms with Gasteiger partial charge in [0.15, 0.2) is 0 Å². The fourth-order valence-corrected chi connectivity index (χ4v) is 3.83. The van der Waals surface area contributed by atoms with Crippen molar-refractivity contribution in [2.24, 2.45) is 0 Å². The first kappa shape index (κ1) is 13.5. The molecule has 1 heterocycles. The van der Waals surface area contributed by atoms with Crippen molar-refractivity contribution in [2.75, 3.05) is 13.1 Å². The van der Waals surface area contributed by atoms with E-state index in [0.717, 1.165) is 36.7 Å². The van der Waals surface area contributed by atoms with E-state index < -0.39 is 10.0 Å². The van der Waals surface area contributed by atoms with Crippen molar-refractivity contribution in [1.82, 2.24) is 10.0 Å². The quantitative estimate of drug-likeness (QED) is 0.938. The van der Waals surface area contributed by atoms with E-state index in [4.69, 9.17) is 0 Å². The van der Waals surface area contributed by atoms with E-state index in [1.807, 2.05) is 30.3 Å². The van der Waals surface area contributed by atoms with Gasteiger partial charge in [-0.2, -0.15) is 0 Å². The Bertz CT molecular complexity index is 707. The molecule has 1 N–H and O–H groups in total. The summed E-state index contributed by atoms with van der Waals surface area (Å²) in [7, 11) is -3.44. The van der Waals surface area contributed by atoms with Crippen LogP contribution in [0.2, 0.25) is 0 Å². The van der Waals surface area contributed by atoms with E-state index in [0.29, 0.717) is 4.90 Å². The summed E-state index contributed by atoms with van der Waals surface area (Å²) in [6.07, 6.45) is 1.57. The van der Waals surface area contributed by atoms with Crippen LogP contribution in [0.1, 0.15) is 12.8 Å². The molecular weight excluding hydrogens is 272 g/mol. The summed E-state index contributed by atoms with van der Waals surface area (Å²) < 4.78 is 27.6. The molecule has 2 aromatic carbocycles. The highest BCUT2D eigenvalue weighted by Crippen LogP contribution is 2.19. The molecule has 0 bridgehead atoms. The number of fused-ring (bicyclic) bond motifs is 1. The van der Waals surface area contributed by atoms with Crippen LogP contribution in [0.25, 0.3) is 10.8 Å². The smallest absolute Gasteiger partial charge is 0.240 e. The Kier molecular flexibility index (Phi) is 3.74. The molecule has 3 rings (SSSR count). The molecule has 0 aliphatic carbocycles. The van der Waals surface area contributed by atoms with Crippen LogP contribution >= 0.6 is 0 Å². The highest BCUT2D eigenvalue weighted by molar-refractivity contribution is 7.89. The number of sulfonamides is 1. The second-order valence-electron chi connectivity index (χ2n) is 5.08. The summed E-state index contributed by atoms with van der Waals surface area (Å²) in [4.78, 5) is 0.332. The molecule has 0 saturated carbocycles. The topological polar surface area (TPSA) is 60.3 Å². The lowest BCUT2D eigenvalue weighted by molar-refractivity contribution is 0.422. The Morgan fingerprint density at radius 1 is 1.00 bits per heavy atom. The van der Waals surface area contributed by atoms with Crippen LogP contribution in [-0.4, -0.2) is 27.5 Å². The molecule has 1 aliphatic heterocycles. The highest BCUT2D eigenvalue weighted by Gasteiger charge is 2.22. The molecule has 105 valence electrons. The lowest BCUT2D eigenvalue weighted by Crippen LogP contribution is -2.40.